The van der Waals surface area contributed by atoms with Gasteiger partial charge in [0, 0.05) is 17.9 Å². The molecule has 0 spiro atoms. The number of carbonyl (C=O) groups is 3. The Morgan fingerprint density at radius 2 is 1.89 bits per heavy atom. The van der Waals surface area contributed by atoms with Crippen molar-refractivity contribution in [2.24, 2.45) is 0 Å². The van der Waals surface area contributed by atoms with Crippen molar-refractivity contribution in [1.82, 2.24) is 0 Å². The molecule has 0 bridgehead atoms. The Hall–Kier alpha value is -1.88. The summed E-state index contributed by atoms with van der Waals surface area (Å²) >= 11 is 5.49. The summed E-state index contributed by atoms with van der Waals surface area (Å²) < 4.78 is 4.81. The van der Waals surface area contributed by atoms with Crippen LogP contribution >= 0.6 is 11.6 Å². The van der Waals surface area contributed by atoms with Crippen molar-refractivity contribution in [2.75, 3.05) is 12.5 Å². The van der Waals surface area contributed by atoms with E-state index >= 15 is 0 Å². The number of ketones is 1. The molecule has 0 saturated heterocycles. The van der Waals surface area contributed by atoms with Crippen LogP contribution < -0.4 is 0 Å². The number of Topliss-reactive ketones (excluding diaryl/α,β-unsaturated/α-hetero) is 1. The van der Waals surface area contributed by atoms with Crippen molar-refractivity contribution in [3.05, 3.63) is 34.9 Å². The number of carboxylic acids is 1. The minimum Gasteiger partial charge on any atom is -0.478 e. The molecule has 1 rings (SSSR count). The fourth-order valence-electron chi connectivity index (χ4n) is 1.62. The second-order valence-electron chi connectivity index (χ2n) is 3.62. The van der Waals surface area contributed by atoms with E-state index in [9.17, 15) is 14.4 Å². The summed E-state index contributed by atoms with van der Waals surface area (Å²) in [6.07, 6.45) is -0.0434. The van der Waals surface area contributed by atoms with Crippen LogP contribution in [0.1, 0.15) is 44.4 Å². The molecule has 0 saturated carbocycles. The van der Waals surface area contributed by atoms with Crippen LogP contribution in [0.2, 0.25) is 0 Å². The van der Waals surface area contributed by atoms with Crippen LogP contribution in [0.4, 0.5) is 0 Å². The summed E-state index contributed by atoms with van der Waals surface area (Å²) in [7, 11) is 0. The van der Waals surface area contributed by atoms with Crippen LogP contribution in [-0.4, -0.2) is 35.3 Å². The lowest BCUT2D eigenvalue weighted by molar-refractivity contribution is 0.0523. The second-order valence-corrected chi connectivity index (χ2v) is 3.99. The van der Waals surface area contributed by atoms with Crippen LogP contribution in [0.3, 0.4) is 0 Å². The minimum absolute atomic E-state index is 0.0434. The van der Waals surface area contributed by atoms with Crippen molar-refractivity contribution in [3.63, 3.8) is 0 Å². The number of hydrogen-bond donors (Lipinski definition) is 1. The first-order valence-electron chi connectivity index (χ1n) is 5.65. The Morgan fingerprint density at radius 3 is 2.42 bits per heavy atom. The molecule has 0 aliphatic rings. The van der Waals surface area contributed by atoms with Crippen LogP contribution in [0.5, 0.6) is 0 Å². The number of aromatic carboxylic acids is 1. The van der Waals surface area contributed by atoms with E-state index in [1.807, 2.05) is 0 Å². The zero-order chi connectivity index (χ0) is 14.4. The highest BCUT2D eigenvalue weighted by Gasteiger charge is 2.24. The van der Waals surface area contributed by atoms with Gasteiger partial charge < -0.3 is 9.84 Å². The number of halogens is 1. The zero-order valence-corrected chi connectivity index (χ0v) is 11.1. The predicted octanol–water partition coefficient (Wildman–Crippen LogP) is 2.37. The van der Waals surface area contributed by atoms with Gasteiger partial charge in [0.15, 0.2) is 5.78 Å². The average Bonchev–Trinajstić information content (AvgIpc) is 2.38. The van der Waals surface area contributed by atoms with Gasteiger partial charge in [0.1, 0.15) is 0 Å². The van der Waals surface area contributed by atoms with Gasteiger partial charge in [-0.15, -0.1) is 11.6 Å². The van der Waals surface area contributed by atoms with Crippen LogP contribution in [0.15, 0.2) is 18.2 Å². The maximum Gasteiger partial charge on any atom is 0.338 e. The van der Waals surface area contributed by atoms with E-state index < -0.39 is 17.7 Å². The second kappa shape index (κ2) is 6.89. The fraction of sp³-hybridized carbons (Fsp3) is 0.308. The van der Waals surface area contributed by atoms with Gasteiger partial charge in [-0.3, -0.25) is 4.79 Å². The smallest absolute Gasteiger partial charge is 0.338 e. The van der Waals surface area contributed by atoms with Crippen molar-refractivity contribution >= 4 is 29.3 Å². The number of carbonyl (C=O) groups excluding carboxylic acids is 2. The Balaban J connectivity index is 3.37. The third-order valence-electron chi connectivity index (χ3n) is 2.39. The average molecular weight is 285 g/mol. The Kier molecular flexibility index (Phi) is 5.51. The number of carboxylic acid groups (broad SMARTS) is 1. The lowest BCUT2D eigenvalue weighted by Gasteiger charge is -2.10. The number of hydrogen-bond acceptors (Lipinski definition) is 4. The van der Waals surface area contributed by atoms with Crippen LogP contribution in [-0.2, 0) is 4.74 Å². The third kappa shape index (κ3) is 3.54. The highest BCUT2D eigenvalue weighted by Crippen LogP contribution is 2.19. The molecule has 1 aromatic rings. The van der Waals surface area contributed by atoms with Gasteiger partial charge in [-0.1, -0.05) is 6.07 Å². The molecule has 0 fully saturated rings. The van der Waals surface area contributed by atoms with Gasteiger partial charge in [-0.2, -0.15) is 0 Å². The third-order valence-corrected chi connectivity index (χ3v) is 2.58. The van der Waals surface area contributed by atoms with E-state index in [0.29, 0.717) is 0 Å². The molecule has 0 aliphatic heterocycles. The van der Waals surface area contributed by atoms with E-state index in [1.165, 1.54) is 18.2 Å². The van der Waals surface area contributed by atoms with E-state index in [2.05, 4.69) is 0 Å². The number of benzene rings is 1. The number of ether oxygens (including phenoxy) is 1. The Labute approximate surface area is 115 Å². The van der Waals surface area contributed by atoms with Gasteiger partial charge in [0.05, 0.1) is 17.7 Å². The summed E-state index contributed by atoms with van der Waals surface area (Å²) in [5, 5.41) is 9.08. The molecule has 0 aliphatic carbocycles. The van der Waals surface area contributed by atoms with E-state index in [4.69, 9.17) is 21.4 Å². The minimum atomic E-state index is -1.27. The topological polar surface area (TPSA) is 80.7 Å². The molecule has 1 aromatic carbocycles. The predicted molar refractivity (Wildman–Crippen MR) is 69.0 cm³/mol. The van der Waals surface area contributed by atoms with Crippen molar-refractivity contribution < 1.29 is 24.2 Å². The highest BCUT2D eigenvalue weighted by molar-refractivity contribution is 6.21. The highest BCUT2D eigenvalue weighted by atomic mass is 35.5. The number of alkyl halides is 1. The van der Waals surface area contributed by atoms with E-state index in [-0.39, 0.29) is 35.6 Å². The summed E-state index contributed by atoms with van der Waals surface area (Å²) in [5.41, 5.74) is -0.411. The maximum atomic E-state index is 11.9. The first-order valence-corrected chi connectivity index (χ1v) is 6.19. The van der Waals surface area contributed by atoms with Crippen LogP contribution in [0, 0.1) is 0 Å². The molecule has 0 atom stereocenters. The SMILES string of the molecule is CCOC(=O)c1cccc(C(=O)O)c1C(=O)CCCl. The Morgan fingerprint density at radius 1 is 1.26 bits per heavy atom. The number of esters is 1. The normalized spacial score (nSPS) is 10.0. The van der Waals surface area contributed by atoms with Gasteiger partial charge in [-0.25, -0.2) is 9.59 Å². The molecule has 0 aromatic heterocycles. The first kappa shape index (κ1) is 15.2. The van der Waals surface area contributed by atoms with Crippen molar-refractivity contribution in [3.8, 4) is 0 Å². The molecule has 102 valence electrons. The lowest BCUT2D eigenvalue weighted by Crippen LogP contribution is -2.17. The molecular weight excluding hydrogens is 272 g/mol. The van der Waals surface area contributed by atoms with Crippen molar-refractivity contribution in [1.29, 1.82) is 0 Å². The molecule has 6 heteroatoms. The molecule has 1 N–H and O–H groups in total. The Bertz CT molecular complexity index is 510. The monoisotopic (exact) mass is 284 g/mol. The lowest BCUT2D eigenvalue weighted by atomic mass is 9.96. The van der Waals surface area contributed by atoms with Gasteiger partial charge >= 0.3 is 11.9 Å². The number of rotatable bonds is 6. The van der Waals surface area contributed by atoms with Gasteiger partial charge in [0.25, 0.3) is 0 Å². The van der Waals surface area contributed by atoms with Crippen molar-refractivity contribution in [2.45, 2.75) is 13.3 Å². The molecule has 19 heavy (non-hydrogen) atoms. The van der Waals surface area contributed by atoms with Crippen LogP contribution in [0.25, 0.3) is 0 Å². The fourth-order valence-corrected chi connectivity index (χ4v) is 1.79. The molecule has 0 amide bonds. The quantitative estimate of drug-likeness (QED) is 0.493. The summed E-state index contributed by atoms with van der Waals surface area (Å²) in [5.74, 6) is -2.43. The molecule has 0 heterocycles. The summed E-state index contributed by atoms with van der Waals surface area (Å²) in [6.45, 7) is 1.76. The van der Waals surface area contributed by atoms with E-state index in [1.54, 1.807) is 6.92 Å². The molecule has 5 nitrogen and oxygen atoms in total. The first-order chi connectivity index (χ1) is 9.02. The zero-order valence-electron chi connectivity index (χ0n) is 10.3. The van der Waals surface area contributed by atoms with Gasteiger partial charge in [-0.05, 0) is 19.1 Å². The molecule has 0 unspecified atom stereocenters. The molecular formula is C13H13ClO5. The molecule has 0 radical (unpaired) electrons. The largest absolute Gasteiger partial charge is 0.478 e. The summed E-state index contributed by atoms with van der Waals surface area (Å²) in [6, 6.07) is 4.03. The summed E-state index contributed by atoms with van der Waals surface area (Å²) in [4.78, 5) is 34.8. The maximum absolute atomic E-state index is 11.9. The van der Waals surface area contributed by atoms with Gasteiger partial charge in [0.2, 0.25) is 0 Å². The van der Waals surface area contributed by atoms with E-state index in [0.717, 1.165) is 0 Å². The standard InChI is InChI=1S/C13H13ClO5/c1-2-19-13(18)9-5-3-4-8(12(16)17)11(9)10(15)6-7-14/h3-5H,2,6-7H2,1H3,(H,16,17).